The van der Waals surface area contributed by atoms with E-state index in [9.17, 15) is 0 Å². The topological polar surface area (TPSA) is 32.6 Å². The number of hydrogen-bond donors (Lipinski definition) is 1. The molecule has 0 amide bonds. The summed E-state index contributed by atoms with van der Waals surface area (Å²) in [4.78, 5) is 8.64. The second-order valence-corrected chi connectivity index (χ2v) is 7.01. The number of imidazole rings is 1. The van der Waals surface area contributed by atoms with Crippen LogP contribution in [0.2, 0.25) is 0 Å². The average Bonchev–Trinajstić information content (AvgIpc) is 3.12. The largest absolute Gasteiger partial charge is 0.316 e. The Balaban J connectivity index is 0.00000132. The number of fused-ring (bicyclic) bond motifs is 1. The van der Waals surface area contributed by atoms with E-state index < -0.39 is 0 Å². The fraction of sp³-hybridized carbons (Fsp3) is 0.667. The molecule has 116 valence electrons. The zero-order valence-electron chi connectivity index (χ0n) is 12.4. The molecule has 2 aromatic heterocycles. The Bertz CT molecular complexity index is 604. The predicted octanol–water partition coefficient (Wildman–Crippen LogP) is 2.88. The van der Waals surface area contributed by atoms with Crippen molar-refractivity contribution < 1.29 is 0 Å². The Kier molecular flexibility index (Phi) is 4.54. The van der Waals surface area contributed by atoms with E-state index >= 15 is 0 Å². The van der Waals surface area contributed by atoms with Crippen molar-refractivity contribution in [2.75, 3.05) is 20.1 Å². The number of likely N-dealkylation sites (tertiary alicyclic amines) is 1. The van der Waals surface area contributed by atoms with Crippen molar-refractivity contribution in [3.63, 3.8) is 0 Å². The fourth-order valence-corrected chi connectivity index (χ4v) is 4.08. The summed E-state index contributed by atoms with van der Waals surface area (Å²) in [5, 5.41) is 5.58. The van der Waals surface area contributed by atoms with E-state index in [0.717, 1.165) is 19.0 Å². The van der Waals surface area contributed by atoms with Crippen LogP contribution in [-0.4, -0.2) is 40.5 Å². The highest BCUT2D eigenvalue weighted by Gasteiger charge is 2.31. The van der Waals surface area contributed by atoms with Gasteiger partial charge in [0.25, 0.3) is 0 Å². The highest BCUT2D eigenvalue weighted by molar-refractivity contribution is 7.15. The van der Waals surface area contributed by atoms with Crippen molar-refractivity contribution in [2.45, 2.75) is 44.2 Å². The van der Waals surface area contributed by atoms with E-state index in [1.165, 1.54) is 48.6 Å². The van der Waals surface area contributed by atoms with E-state index in [-0.39, 0.29) is 12.4 Å². The normalized spacial score (nSPS) is 23.4. The molecular formula is C15H23ClN4S. The van der Waals surface area contributed by atoms with E-state index in [4.69, 9.17) is 4.98 Å². The van der Waals surface area contributed by atoms with E-state index in [1.807, 2.05) is 0 Å². The third-order valence-electron chi connectivity index (χ3n) is 4.64. The number of rotatable bonds is 4. The van der Waals surface area contributed by atoms with Crippen LogP contribution in [0, 0.1) is 0 Å². The minimum Gasteiger partial charge on any atom is -0.316 e. The van der Waals surface area contributed by atoms with Gasteiger partial charge in [-0.1, -0.05) is 0 Å². The molecule has 4 rings (SSSR count). The third-order valence-corrected chi connectivity index (χ3v) is 5.40. The smallest absolute Gasteiger partial charge is 0.194 e. The molecule has 0 bridgehead atoms. The molecule has 1 aliphatic carbocycles. The maximum atomic E-state index is 4.88. The van der Waals surface area contributed by atoms with Crippen LogP contribution in [0.1, 0.15) is 43.0 Å². The molecule has 2 fully saturated rings. The zero-order valence-corrected chi connectivity index (χ0v) is 14.1. The predicted molar refractivity (Wildman–Crippen MR) is 89.7 cm³/mol. The molecule has 1 N–H and O–H groups in total. The maximum Gasteiger partial charge on any atom is 0.194 e. The summed E-state index contributed by atoms with van der Waals surface area (Å²) in [6.07, 6.45) is 7.46. The van der Waals surface area contributed by atoms with Crippen LogP contribution in [0.3, 0.4) is 0 Å². The van der Waals surface area contributed by atoms with Gasteiger partial charge in [0.1, 0.15) is 0 Å². The fourth-order valence-electron chi connectivity index (χ4n) is 3.34. The lowest BCUT2D eigenvalue weighted by molar-refractivity contribution is 0.185. The molecule has 2 aromatic rings. The van der Waals surface area contributed by atoms with Gasteiger partial charge in [-0.05, 0) is 39.3 Å². The maximum absolute atomic E-state index is 4.88. The number of nitrogens with zero attached hydrogens (tertiary/aromatic N) is 3. The molecule has 1 saturated heterocycles. The summed E-state index contributed by atoms with van der Waals surface area (Å²) in [5.41, 5.74) is 2.82. The molecule has 2 aliphatic rings. The van der Waals surface area contributed by atoms with E-state index in [0.29, 0.717) is 6.04 Å². The van der Waals surface area contributed by atoms with Gasteiger partial charge in [0.2, 0.25) is 0 Å². The second kappa shape index (κ2) is 6.24. The molecule has 1 unspecified atom stereocenters. The Hall–Kier alpha value is -0.620. The standard InChI is InChI=1S/C15H22N4S.ClH/c1-16-12-3-2-6-18(9-12)10-13-14(11-4-5-11)17-15-19(13)7-8-20-15;/h7-8,11-12,16H,2-6,9-10H2,1H3;1H. The van der Waals surface area contributed by atoms with Gasteiger partial charge in [-0.25, -0.2) is 4.98 Å². The molecule has 1 atom stereocenters. The van der Waals surface area contributed by atoms with Crippen molar-refractivity contribution in [3.8, 4) is 0 Å². The van der Waals surface area contributed by atoms with Gasteiger partial charge in [-0.15, -0.1) is 23.7 Å². The Morgan fingerprint density at radius 1 is 1.38 bits per heavy atom. The zero-order chi connectivity index (χ0) is 13.5. The van der Waals surface area contributed by atoms with Crippen LogP contribution in [-0.2, 0) is 6.54 Å². The number of likely N-dealkylation sites (N-methyl/N-ethyl adjacent to an activating group) is 1. The molecule has 0 radical (unpaired) electrons. The summed E-state index contributed by atoms with van der Waals surface area (Å²) in [7, 11) is 2.08. The van der Waals surface area contributed by atoms with Crippen LogP contribution >= 0.6 is 23.7 Å². The molecule has 21 heavy (non-hydrogen) atoms. The summed E-state index contributed by atoms with van der Waals surface area (Å²) < 4.78 is 2.32. The highest BCUT2D eigenvalue weighted by Crippen LogP contribution is 2.42. The minimum absolute atomic E-state index is 0. The lowest BCUT2D eigenvalue weighted by Gasteiger charge is -2.32. The first kappa shape index (κ1) is 15.3. The van der Waals surface area contributed by atoms with Crippen LogP contribution in [0.4, 0.5) is 0 Å². The quantitative estimate of drug-likeness (QED) is 0.937. The molecule has 4 nitrogen and oxygen atoms in total. The van der Waals surface area contributed by atoms with Gasteiger partial charge < -0.3 is 5.32 Å². The molecule has 1 aliphatic heterocycles. The Morgan fingerprint density at radius 3 is 3.00 bits per heavy atom. The molecule has 6 heteroatoms. The number of halogens is 1. The minimum atomic E-state index is 0. The van der Waals surface area contributed by atoms with Crippen LogP contribution in [0.5, 0.6) is 0 Å². The van der Waals surface area contributed by atoms with Crippen molar-refractivity contribution in [1.82, 2.24) is 19.6 Å². The van der Waals surface area contributed by atoms with Gasteiger partial charge in [-0.2, -0.15) is 0 Å². The number of piperidine rings is 1. The summed E-state index contributed by atoms with van der Waals surface area (Å²) in [6, 6.07) is 0.652. The van der Waals surface area contributed by atoms with Gasteiger partial charge in [0, 0.05) is 36.6 Å². The van der Waals surface area contributed by atoms with E-state index in [2.05, 4.69) is 33.2 Å². The first-order valence-corrected chi connectivity index (χ1v) is 8.57. The summed E-state index contributed by atoms with van der Waals surface area (Å²) in [5.74, 6) is 0.738. The second-order valence-electron chi connectivity index (χ2n) is 6.14. The van der Waals surface area contributed by atoms with Crippen molar-refractivity contribution in [2.24, 2.45) is 0 Å². The monoisotopic (exact) mass is 326 g/mol. The number of nitrogens with one attached hydrogen (secondary N) is 1. The van der Waals surface area contributed by atoms with E-state index in [1.54, 1.807) is 11.3 Å². The van der Waals surface area contributed by atoms with Crippen LogP contribution in [0.15, 0.2) is 11.6 Å². The first-order valence-electron chi connectivity index (χ1n) is 7.69. The van der Waals surface area contributed by atoms with Crippen LogP contribution in [0.25, 0.3) is 4.96 Å². The van der Waals surface area contributed by atoms with Crippen LogP contribution < -0.4 is 5.32 Å². The number of hydrogen-bond acceptors (Lipinski definition) is 4. The highest BCUT2D eigenvalue weighted by atomic mass is 35.5. The molecule has 3 heterocycles. The lowest BCUT2D eigenvalue weighted by atomic mass is 10.1. The Labute approximate surface area is 136 Å². The summed E-state index contributed by atoms with van der Waals surface area (Å²) >= 11 is 1.76. The van der Waals surface area contributed by atoms with Crippen molar-refractivity contribution in [1.29, 1.82) is 0 Å². The van der Waals surface area contributed by atoms with Gasteiger partial charge in [0.15, 0.2) is 4.96 Å². The molecular weight excluding hydrogens is 304 g/mol. The Morgan fingerprint density at radius 2 is 2.24 bits per heavy atom. The van der Waals surface area contributed by atoms with Gasteiger partial charge in [0.05, 0.1) is 11.4 Å². The summed E-state index contributed by atoms with van der Waals surface area (Å²) in [6.45, 7) is 3.44. The number of thiazole rings is 1. The third kappa shape index (κ3) is 2.97. The van der Waals surface area contributed by atoms with Gasteiger partial charge >= 0.3 is 0 Å². The van der Waals surface area contributed by atoms with Gasteiger partial charge in [-0.3, -0.25) is 9.30 Å². The number of aromatic nitrogens is 2. The average molecular weight is 327 g/mol. The molecule has 1 saturated carbocycles. The van der Waals surface area contributed by atoms with Crippen molar-refractivity contribution >= 4 is 28.7 Å². The van der Waals surface area contributed by atoms with Crippen molar-refractivity contribution in [3.05, 3.63) is 23.0 Å². The lowest BCUT2D eigenvalue weighted by Crippen LogP contribution is -2.44. The SMILES string of the molecule is CNC1CCCN(Cc2c(C3CC3)nc3sccn23)C1.Cl. The molecule has 0 spiro atoms. The first-order chi connectivity index (χ1) is 9.85. The molecule has 0 aromatic carbocycles.